The van der Waals surface area contributed by atoms with Gasteiger partial charge in [-0.25, -0.2) is 9.97 Å². The summed E-state index contributed by atoms with van der Waals surface area (Å²) in [6.07, 6.45) is 8.70. The van der Waals surface area contributed by atoms with Gasteiger partial charge in [-0.2, -0.15) is 0 Å². The SMILES string of the molecule is CC(=O)N(C)Cc1cc(N(C)C)nc(C2CCCN2C(=O)CCC2CCCC2)n1. The van der Waals surface area contributed by atoms with E-state index < -0.39 is 0 Å². The fourth-order valence-electron chi connectivity index (χ4n) is 4.42. The van der Waals surface area contributed by atoms with Gasteiger partial charge in [0, 0.05) is 47.1 Å². The topological polar surface area (TPSA) is 69.6 Å². The molecule has 2 fully saturated rings. The second-order valence-electron chi connectivity index (χ2n) is 8.78. The molecule has 2 heterocycles. The summed E-state index contributed by atoms with van der Waals surface area (Å²) in [6, 6.07) is 1.86. The van der Waals surface area contributed by atoms with Crippen molar-refractivity contribution < 1.29 is 9.59 Å². The van der Waals surface area contributed by atoms with Gasteiger partial charge in [-0.1, -0.05) is 25.7 Å². The van der Waals surface area contributed by atoms with Crippen LogP contribution in [0, 0.1) is 5.92 Å². The molecule has 7 nitrogen and oxygen atoms in total. The van der Waals surface area contributed by atoms with Crippen LogP contribution < -0.4 is 4.90 Å². The van der Waals surface area contributed by atoms with Crippen molar-refractivity contribution >= 4 is 17.6 Å². The molecule has 1 atom stereocenters. The Labute approximate surface area is 174 Å². The van der Waals surface area contributed by atoms with Crippen LogP contribution in [0.1, 0.15) is 75.9 Å². The monoisotopic (exact) mass is 401 g/mol. The van der Waals surface area contributed by atoms with Gasteiger partial charge < -0.3 is 14.7 Å². The van der Waals surface area contributed by atoms with Crippen molar-refractivity contribution in [1.82, 2.24) is 19.8 Å². The largest absolute Gasteiger partial charge is 0.363 e. The van der Waals surface area contributed by atoms with Gasteiger partial charge in [0.25, 0.3) is 0 Å². The Morgan fingerprint density at radius 2 is 1.83 bits per heavy atom. The third kappa shape index (κ3) is 5.46. The van der Waals surface area contributed by atoms with Crippen LogP contribution in [0.25, 0.3) is 0 Å². The number of hydrogen-bond donors (Lipinski definition) is 0. The number of hydrogen-bond acceptors (Lipinski definition) is 5. The van der Waals surface area contributed by atoms with E-state index in [0.717, 1.165) is 43.2 Å². The smallest absolute Gasteiger partial charge is 0.223 e. The van der Waals surface area contributed by atoms with Crippen LogP contribution in [0.4, 0.5) is 5.82 Å². The van der Waals surface area contributed by atoms with Crippen molar-refractivity contribution in [3.05, 3.63) is 17.6 Å². The van der Waals surface area contributed by atoms with Crippen molar-refractivity contribution in [2.24, 2.45) is 5.92 Å². The number of aromatic nitrogens is 2. The molecule has 0 bridgehead atoms. The number of likely N-dealkylation sites (tertiary alicyclic amines) is 1. The molecule has 2 amide bonds. The Morgan fingerprint density at radius 1 is 1.10 bits per heavy atom. The number of carbonyl (C=O) groups excluding carboxylic acids is 2. The minimum Gasteiger partial charge on any atom is -0.363 e. The molecule has 2 aliphatic rings. The summed E-state index contributed by atoms with van der Waals surface area (Å²) in [5, 5.41) is 0. The average Bonchev–Trinajstić information content (AvgIpc) is 3.37. The van der Waals surface area contributed by atoms with Crippen LogP contribution in [0.15, 0.2) is 6.07 Å². The summed E-state index contributed by atoms with van der Waals surface area (Å²) >= 11 is 0. The Balaban J connectivity index is 1.76. The van der Waals surface area contributed by atoms with E-state index in [-0.39, 0.29) is 17.9 Å². The second-order valence-corrected chi connectivity index (χ2v) is 8.78. The first-order valence-corrected chi connectivity index (χ1v) is 10.9. The van der Waals surface area contributed by atoms with Gasteiger partial charge in [-0.3, -0.25) is 9.59 Å². The molecule has 7 heteroatoms. The summed E-state index contributed by atoms with van der Waals surface area (Å²) in [5.41, 5.74) is 0.807. The van der Waals surface area contributed by atoms with Gasteiger partial charge in [-0.05, 0) is 25.2 Å². The van der Waals surface area contributed by atoms with E-state index in [9.17, 15) is 9.59 Å². The normalized spacial score (nSPS) is 19.6. The second kappa shape index (κ2) is 9.55. The maximum Gasteiger partial charge on any atom is 0.223 e. The van der Waals surface area contributed by atoms with Gasteiger partial charge in [0.05, 0.1) is 18.3 Å². The zero-order valence-electron chi connectivity index (χ0n) is 18.4. The van der Waals surface area contributed by atoms with E-state index in [2.05, 4.69) is 0 Å². The van der Waals surface area contributed by atoms with Crippen LogP contribution in [-0.4, -0.2) is 59.3 Å². The molecule has 0 aromatic carbocycles. The summed E-state index contributed by atoms with van der Waals surface area (Å²) in [7, 11) is 5.67. The van der Waals surface area contributed by atoms with E-state index in [0.29, 0.717) is 18.8 Å². The third-order valence-corrected chi connectivity index (χ3v) is 6.29. The maximum absolute atomic E-state index is 13.0. The number of rotatable bonds is 7. The van der Waals surface area contributed by atoms with Gasteiger partial charge in [0.1, 0.15) is 5.82 Å². The molecule has 1 unspecified atom stereocenters. The highest BCUT2D eigenvalue weighted by Crippen LogP contribution is 2.33. The highest BCUT2D eigenvalue weighted by molar-refractivity contribution is 5.77. The van der Waals surface area contributed by atoms with Crippen LogP contribution in [-0.2, 0) is 16.1 Å². The van der Waals surface area contributed by atoms with Crippen LogP contribution in [0.2, 0.25) is 0 Å². The molecule has 3 rings (SSSR count). The lowest BCUT2D eigenvalue weighted by atomic mass is 10.0. The predicted molar refractivity (Wildman–Crippen MR) is 113 cm³/mol. The van der Waals surface area contributed by atoms with Gasteiger partial charge >= 0.3 is 0 Å². The van der Waals surface area contributed by atoms with Crippen molar-refractivity contribution in [2.75, 3.05) is 32.6 Å². The van der Waals surface area contributed by atoms with Crippen LogP contribution in [0.5, 0.6) is 0 Å². The van der Waals surface area contributed by atoms with Crippen molar-refractivity contribution in [3.63, 3.8) is 0 Å². The van der Waals surface area contributed by atoms with E-state index in [4.69, 9.17) is 9.97 Å². The Morgan fingerprint density at radius 3 is 2.48 bits per heavy atom. The predicted octanol–water partition coefficient (Wildman–Crippen LogP) is 3.15. The molecule has 1 aromatic rings. The molecule has 1 aromatic heterocycles. The van der Waals surface area contributed by atoms with Gasteiger partial charge in [0.15, 0.2) is 5.82 Å². The van der Waals surface area contributed by atoms with E-state index in [1.165, 1.54) is 25.7 Å². The minimum atomic E-state index is -0.0626. The molecule has 29 heavy (non-hydrogen) atoms. The van der Waals surface area contributed by atoms with E-state index >= 15 is 0 Å². The fraction of sp³-hybridized carbons (Fsp3) is 0.727. The minimum absolute atomic E-state index is 0.00106. The zero-order chi connectivity index (χ0) is 21.0. The number of anilines is 1. The molecule has 0 N–H and O–H groups in total. The Bertz CT molecular complexity index is 730. The first-order chi connectivity index (χ1) is 13.8. The average molecular weight is 402 g/mol. The first kappa shape index (κ1) is 21.5. The Kier molecular flexibility index (Phi) is 7.09. The zero-order valence-corrected chi connectivity index (χ0v) is 18.4. The summed E-state index contributed by atoms with van der Waals surface area (Å²) in [6.45, 7) is 2.77. The molecule has 1 saturated heterocycles. The first-order valence-electron chi connectivity index (χ1n) is 10.9. The quantitative estimate of drug-likeness (QED) is 0.702. The Hall–Kier alpha value is -2.18. The van der Waals surface area contributed by atoms with Crippen LogP contribution >= 0.6 is 0 Å². The lowest BCUT2D eigenvalue weighted by Crippen LogP contribution is -2.32. The van der Waals surface area contributed by atoms with Crippen molar-refractivity contribution in [1.29, 1.82) is 0 Å². The number of nitrogens with zero attached hydrogens (tertiary/aromatic N) is 5. The lowest BCUT2D eigenvalue weighted by molar-refractivity contribution is -0.132. The maximum atomic E-state index is 13.0. The summed E-state index contributed by atoms with van der Waals surface area (Å²) in [5.74, 6) is 2.48. The van der Waals surface area contributed by atoms with Crippen molar-refractivity contribution in [3.8, 4) is 0 Å². The van der Waals surface area contributed by atoms with Gasteiger partial charge in [0.2, 0.25) is 11.8 Å². The van der Waals surface area contributed by atoms with Crippen molar-refractivity contribution in [2.45, 2.75) is 70.9 Å². The molecule has 1 saturated carbocycles. The number of carbonyl (C=O) groups is 2. The highest BCUT2D eigenvalue weighted by atomic mass is 16.2. The van der Waals surface area contributed by atoms with E-state index in [1.54, 1.807) is 18.9 Å². The third-order valence-electron chi connectivity index (χ3n) is 6.29. The van der Waals surface area contributed by atoms with Gasteiger partial charge in [-0.15, -0.1) is 0 Å². The summed E-state index contributed by atoms with van der Waals surface area (Å²) < 4.78 is 0. The molecule has 160 valence electrons. The van der Waals surface area contributed by atoms with Crippen LogP contribution in [0.3, 0.4) is 0 Å². The molecule has 0 radical (unpaired) electrons. The summed E-state index contributed by atoms with van der Waals surface area (Å²) in [4.78, 5) is 39.7. The molecule has 0 spiro atoms. The standard InChI is InChI=1S/C22H35N5O2/c1-16(28)26(4)15-18-14-20(25(2)3)24-22(23-18)19-10-7-13-27(19)21(29)12-11-17-8-5-6-9-17/h14,17,19H,5-13,15H2,1-4H3. The van der Waals surface area contributed by atoms with E-state index in [1.807, 2.05) is 30.0 Å². The lowest BCUT2D eigenvalue weighted by Gasteiger charge is -2.26. The molecule has 1 aliphatic carbocycles. The molecular weight excluding hydrogens is 366 g/mol. The number of amides is 2. The molecule has 1 aliphatic heterocycles. The highest BCUT2D eigenvalue weighted by Gasteiger charge is 2.33. The fourth-order valence-corrected chi connectivity index (χ4v) is 4.42. The molecular formula is C22H35N5O2.